The van der Waals surface area contributed by atoms with Gasteiger partial charge in [0.15, 0.2) is 17.3 Å². The number of ether oxygens (including phenoxy) is 4. The monoisotopic (exact) mass is 344 g/mol. The van der Waals surface area contributed by atoms with Gasteiger partial charge >= 0.3 is 12.0 Å². The second-order valence-corrected chi connectivity index (χ2v) is 5.52. The van der Waals surface area contributed by atoms with Gasteiger partial charge < -0.3 is 23.8 Å². The molecule has 0 N–H and O–H groups in total. The third kappa shape index (κ3) is 2.67. The van der Waals surface area contributed by atoms with Gasteiger partial charge in [-0.2, -0.15) is 9.97 Å². The van der Waals surface area contributed by atoms with Gasteiger partial charge in [-0.1, -0.05) is 0 Å². The van der Waals surface area contributed by atoms with Crippen LogP contribution in [0.25, 0.3) is 0 Å². The minimum Gasteiger partial charge on any atom is -0.467 e. The minimum absolute atomic E-state index is 0.0118. The van der Waals surface area contributed by atoms with Crippen molar-refractivity contribution < 1.29 is 23.7 Å². The number of aromatic nitrogens is 3. The number of carbonyl (C=O) groups excluding carboxylic acids is 1. The van der Waals surface area contributed by atoms with E-state index in [2.05, 4.69) is 15.0 Å². The molecule has 1 fully saturated rings. The highest BCUT2D eigenvalue weighted by Crippen LogP contribution is 2.41. The molecule has 1 aromatic heterocycles. The Balaban J connectivity index is 1.73. The highest BCUT2D eigenvalue weighted by atomic mass is 16.7. The standard InChI is InChI=1S/C16H16N4O5/c1-22-15-17-14(18-16(19-15)23-2)10-4-6-13(21)20(10)9-3-5-11-12(7-9)25-8-24-11/h3,5,7,10H,4,6,8H2,1-2H3. The van der Waals surface area contributed by atoms with E-state index in [1.165, 1.54) is 14.2 Å². The molecule has 2 aliphatic rings. The molecule has 4 rings (SSSR count). The number of hydrogen-bond donors (Lipinski definition) is 0. The van der Waals surface area contributed by atoms with Crippen molar-refractivity contribution in [3.63, 3.8) is 0 Å². The van der Waals surface area contributed by atoms with E-state index in [1.807, 2.05) is 6.07 Å². The van der Waals surface area contributed by atoms with Crippen molar-refractivity contribution in [2.24, 2.45) is 0 Å². The minimum atomic E-state index is -0.335. The van der Waals surface area contributed by atoms with Crippen LogP contribution in [0.3, 0.4) is 0 Å². The molecule has 1 saturated heterocycles. The smallest absolute Gasteiger partial charge is 0.322 e. The first-order valence-electron chi connectivity index (χ1n) is 7.75. The number of nitrogens with zero attached hydrogens (tertiary/aromatic N) is 4. The van der Waals surface area contributed by atoms with E-state index < -0.39 is 0 Å². The molecule has 1 amide bonds. The molecule has 9 heteroatoms. The zero-order valence-corrected chi connectivity index (χ0v) is 13.8. The predicted molar refractivity (Wildman–Crippen MR) is 85.0 cm³/mol. The van der Waals surface area contributed by atoms with Crippen molar-refractivity contribution in [2.75, 3.05) is 25.9 Å². The average Bonchev–Trinajstić information content (AvgIpc) is 3.26. The van der Waals surface area contributed by atoms with Gasteiger partial charge in [0.1, 0.15) is 0 Å². The lowest BCUT2D eigenvalue weighted by Crippen LogP contribution is -2.28. The average molecular weight is 344 g/mol. The summed E-state index contributed by atoms with van der Waals surface area (Å²) in [5.74, 6) is 1.69. The third-order valence-electron chi connectivity index (χ3n) is 4.12. The lowest BCUT2D eigenvalue weighted by Gasteiger charge is -2.24. The predicted octanol–water partition coefficient (Wildman–Crippen LogP) is 1.49. The van der Waals surface area contributed by atoms with E-state index in [9.17, 15) is 4.79 Å². The topological polar surface area (TPSA) is 95.9 Å². The first kappa shape index (κ1) is 15.4. The fourth-order valence-electron chi connectivity index (χ4n) is 2.97. The summed E-state index contributed by atoms with van der Waals surface area (Å²) in [6.45, 7) is 0.179. The Bertz CT molecular complexity index is 806. The van der Waals surface area contributed by atoms with Crippen molar-refractivity contribution >= 4 is 11.6 Å². The molecular formula is C16H16N4O5. The quantitative estimate of drug-likeness (QED) is 0.823. The van der Waals surface area contributed by atoms with Crippen LogP contribution in [0.15, 0.2) is 18.2 Å². The molecule has 0 aliphatic carbocycles. The van der Waals surface area contributed by atoms with Crippen molar-refractivity contribution in [1.29, 1.82) is 0 Å². The van der Waals surface area contributed by atoms with Crippen LogP contribution in [0.1, 0.15) is 24.7 Å². The van der Waals surface area contributed by atoms with E-state index in [4.69, 9.17) is 18.9 Å². The summed E-state index contributed by atoms with van der Waals surface area (Å²) in [7, 11) is 2.93. The summed E-state index contributed by atoms with van der Waals surface area (Å²) in [5.41, 5.74) is 0.704. The summed E-state index contributed by atoms with van der Waals surface area (Å²) >= 11 is 0. The second-order valence-electron chi connectivity index (χ2n) is 5.52. The lowest BCUT2D eigenvalue weighted by atomic mass is 10.2. The molecule has 2 aliphatic heterocycles. The number of benzene rings is 1. The summed E-state index contributed by atoms with van der Waals surface area (Å²) in [6, 6.07) is 5.35. The molecule has 2 aromatic rings. The molecule has 0 radical (unpaired) electrons. The molecule has 1 aromatic carbocycles. The van der Waals surface area contributed by atoms with E-state index >= 15 is 0 Å². The van der Waals surface area contributed by atoms with Crippen LogP contribution in [0, 0.1) is 0 Å². The van der Waals surface area contributed by atoms with Crippen LogP contribution in [0.4, 0.5) is 5.69 Å². The van der Waals surface area contributed by atoms with Crippen molar-refractivity contribution in [3.05, 3.63) is 24.0 Å². The zero-order chi connectivity index (χ0) is 17.4. The van der Waals surface area contributed by atoms with Crippen molar-refractivity contribution in [2.45, 2.75) is 18.9 Å². The van der Waals surface area contributed by atoms with Crippen LogP contribution < -0.4 is 23.8 Å². The fraction of sp³-hybridized carbons (Fsp3) is 0.375. The van der Waals surface area contributed by atoms with Gasteiger partial charge in [0.05, 0.1) is 20.3 Å². The highest BCUT2D eigenvalue weighted by Gasteiger charge is 2.36. The van der Waals surface area contributed by atoms with Crippen molar-refractivity contribution in [3.8, 4) is 23.5 Å². The Labute approximate surface area is 143 Å². The Kier molecular flexibility index (Phi) is 3.75. The summed E-state index contributed by atoms with van der Waals surface area (Å²) in [4.78, 5) is 26.7. The lowest BCUT2D eigenvalue weighted by molar-refractivity contribution is -0.117. The van der Waals surface area contributed by atoms with Crippen LogP contribution in [0.2, 0.25) is 0 Å². The highest BCUT2D eigenvalue weighted by molar-refractivity contribution is 5.96. The van der Waals surface area contributed by atoms with Crippen LogP contribution in [-0.2, 0) is 4.79 Å². The first-order valence-corrected chi connectivity index (χ1v) is 7.75. The molecule has 3 heterocycles. The normalized spacial score (nSPS) is 18.6. The van der Waals surface area contributed by atoms with Gasteiger partial charge in [-0.15, -0.1) is 4.98 Å². The number of methoxy groups -OCH3 is 2. The fourth-order valence-corrected chi connectivity index (χ4v) is 2.97. The Hall–Kier alpha value is -3.10. The van der Waals surface area contributed by atoms with Crippen LogP contribution in [-0.4, -0.2) is 41.9 Å². The Morgan fingerprint density at radius 2 is 1.80 bits per heavy atom. The molecular weight excluding hydrogens is 328 g/mol. The number of hydrogen-bond acceptors (Lipinski definition) is 8. The largest absolute Gasteiger partial charge is 0.467 e. The zero-order valence-electron chi connectivity index (χ0n) is 13.8. The number of carbonyl (C=O) groups is 1. The van der Waals surface area contributed by atoms with E-state index in [-0.39, 0.29) is 30.8 Å². The second kappa shape index (κ2) is 6.08. The maximum absolute atomic E-state index is 12.5. The Morgan fingerprint density at radius 1 is 1.08 bits per heavy atom. The number of rotatable bonds is 4. The molecule has 0 spiro atoms. The maximum atomic E-state index is 12.5. The maximum Gasteiger partial charge on any atom is 0.322 e. The molecule has 0 bridgehead atoms. The molecule has 1 unspecified atom stereocenters. The number of anilines is 1. The first-order chi connectivity index (χ1) is 12.2. The van der Waals surface area contributed by atoms with Gasteiger partial charge in [-0.05, 0) is 18.6 Å². The number of amides is 1. The van der Waals surface area contributed by atoms with Gasteiger partial charge in [0.2, 0.25) is 12.7 Å². The van der Waals surface area contributed by atoms with E-state index in [0.717, 1.165) is 0 Å². The summed E-state index contributed by atoms with van der Waals surface area (Å²) < 4.78 is 20.9. The van der Waals surface area contributed by atoms with Gasteiger partial charge in [0, 0.05) is 18.2 Å². The van der Waals surface area contributed by atoms with Gasteiger partial charge in [-0.3, -0.25) is 4.79 Å². The third-order valence-corrected chi connectivity index (χ3v) is 4.12. The van der Waals surface area contributed by atoms with Crippen LogP contribution >= 0.6 is 0 Å². The van der Waals surface area contributed by atoms with E-state index in [1.54, 1.807) is 17.0 Å². The van der Waals surface area contributed by atoms with Gasteiger partial charge in [0.25, 0.3) is 0 Å². The molecule has 1 atom stereocenters. The molecule has 9 nitrogen and oxygen atoms in total. The van der Waals surface area contributed by atoms with Crippen LogP contribution in [0.5, 0.6) is 23.5 Å². The summed E-state index contributed by atoms with van der Waals surface area (Å²) in [6.07, 6.45) is 0.985. The van der Waals surface area contributed by atoms with E-state index in [0.29, 0.717) is 35.9 Å². The van der Waals surface area contributed by atoms with Crippen molar-refractivity contribution in [1.82, 2.24) is 15.0 Å². The summed E-state index contributed by atoms with van der Waals surface area (Å²) in [5, 5.41) is 0. The molecule has 130 valence electrons. The molecule has 25 heavy (non-hydrogen) atoms. The Morgan fingerprint density at radius 3 is 2.52 bits per heavy atom. The molecule has 0 saturated carbocycles. The van der Waals surface area contributed by atoms with Gasteiger partial charge in [-0.25, -0.2) is 0 Å². The number of fused-ring (bicyclic) bond motifs is 1. The SMILES string of the molecule is COc1nc(OC)nc(C2CCC(=O)N2c2ccc3c(c2)OCO3)n1.